The van der Waals surface area contributed by atoms with Crippen molar-refractivity contribution in [1.29, 1.82) is 0 Å². The molecule has 0 radical (unpaired) electrons. The van der Waals surface area contributed by atoms with Gasteiger partial charge in [-0.25, -0.2) is 8.78 Å². The number of carbonyl (C=O) groups excluding carboxylic acids is 1. The Morgan fingerprint density at radius 3 is 2.44 bits per heavy atom. The molecule has 4 heteroatoms. The summed E-state index contributed by atoms with van der Waals surface area (Å²) in [5.41, 5.74) is 0.240. The van der Waals surface area contributed by atoms with E-state index in [1.165, 1.54) is 0 Å². The first-order valence-corrected chi connectivity index (χ1v) is 4.69. The number of aromatic hydroxyl groups is 1. The summed E-state index contributed by atoms with van der Waals surface area (Å²) < 4.78 is 26.4. The number of ketones is 1. The zero-order chi connectivity index (χ0) is 12.5. The number of rotatable bonds is 3. The second-order valence-electron chi connectivity index (χ2n) is 3.75. The second-order valence-corrected chi connectivity index (χ2v) is 3.75. The molecular weight excluding hydrogens is 214 g/mol. The largest absolute Gasteiger partial charge is 0.507 e. The lowest BCUT2D eigenvalue weighted by Crippen LogP contribution is -2.04. The summed E-state index contributed by atoms with van der Waals surface area (Å²) in [7, 11) is 0. The average Bonchev–Trinajstić information content (AvgIpc) is 2.13. The number of phenols is 1. The van der Waals surface area contributed by atoms with Gasteiger partial charge in [0.05, 0.1) is 5.56 Å². The van der Waals surface area contributed by atoms with Gasteiger partial charge in [0.25, 0.3) is 0 Å². The molecule has 0 bridgehead atoms. The molecule has 0 aliphatic heterocycles. The normalized spacial score (nSPS) is 10.2. The van der Waals surface area contributed by atoms with Gasteiger partial charge in [-0.1, -0.05) is 12.2 Å². The van der Waals surface area contributed by atoms with Crippen molar-refractivity contribution in [2.45, 2.75) is 20.3 Å². The van der Waals surface area contributed by atoms with E-state index in [-0.39, 0.29) is 12.0 Å². The molecule has 0 heterocycles. The van der Waals surface area contributed by atoms with Crippen LogP contribution in [0.25, 0.3) is 0 Å². The lowest BCUT2D eigenvalue weighted by atomic mass is 10.00. The van der Waals surface area contributed by atoms with E-state index in [9.17, 15) is 18.7 Å². The Balaban J connectivity index is 3.44. The first-order chi connectivity index (χ1) is 7.34. The van der Waals surface area contributed by atoms with Crippen molar-refractivity contribution in [2.24, 2.45) is 0 Å². The van der Waals surface area contributed by atoms with Crippen molar-refractivity contribution in [2.75, 3.05) is 0 Å². The molecule has 0 saturated heterocycles. The molecule has 1 rings (SSSR count). The standard InChI is InChI=1S/C12H12F2O2/c1-6(2)4-8-5-9(13)11(14)10(7(3)15)12(8)16/h5,16H,1,4H2,2-3H3. The zero-order valence-electron chi connectivity index (χ0n) is 9.10. The molecule has 0 fully saturated rings. The Morgan fingerprint density at radius 2 is 2.00 bits per heavy atom. The lowest BCUT2D eigenvalue weighted by molar-refractivity contribution is 0.101. The van der Waals surface area contributed by atoms with Crippen LogP contribution in [0.2, 0.25) is 0 Å². The van der Waals surface area contributed by atoms with E-state index in [1.807, 2.05) is 0 Å². The van der Waals surface area contributed by atoms with Crippen molar-refractivity contribution in [1.82, 2.24) is 0 Å². The van der Waals surface area contributed by atoms with Gasteiger partial charge in [0.15, 0.2) is 17.4 Å². The number of allylic oxidation sites excluding steroid dienone is 1. The Hall–Kier alpha value is -1.71. The van der Waals surface area contributed by atoms with Gasteiger partial charge in [-0.05, 0) is 26.3 Å². The molecule has 2 nitrogen and oxygen atoms in total. The van der Waals surface area contributed by atoms with Gasteiger partial charge in [-0.15, -0.1) is 0 Å². The van der Waals surface area contributed by atoms with Crippen LogP contribution < -0.4 is 0 Å². The topological polar surface area (TPSA) is 37.3 Å². The summed E-state index contributed by atoms with van der Waals surface area (Å²) >= 11 is 0. The molecule has 1 N–H and O–H groups in total. The quantitative estimate of drug-likeness (QED) is 0.635. The number of Topliss-reactive ketones (excluding diaryl/α,β-unsaturated/α-hetero) is 1. The van der Waals surface area contributed by atoms with E-state index in [4.69, 9.17) is 0 Å². The fourth-order valence-corrected chi connectivity index (χ4v) is 1.45. The number of carbonyl (C=O) groups is 1. The average molecular weight is 226 g/mol. The smallest absolute Gasteiger partial charge is 0.173 e. The fourth-order valence-electron chi connectivity index (χ4n) is 1.45. The third-order valence-electron chi connectivity index (χ3n) is 2.12. The Bertz CT molecular complexity index is 465. The molecule has 0 atom stereocenters. The highest BCUT2D eigenvalue weighted by atomic mass is 19.2. The highest BCUT2D eigenvalue weighted by Gasteiger charge is 2.20. The van der Waals surface area contributed by atoms with Gasteiger partial charge in [0.2, 0.25) is 0 Å². The van der Waals surface area contributed by atoms with E-state index >= 15 is 0 Å². The van der Waals surface area contributed by atoms with Gasteiger partial charge in [0.1, 0.15) is 5.75 Å². The van der Waals surface area contributed by atoms with Crippen LogP contribution in [0.3, 0.4) is 0 Å². The monoisotopic (exact) mass is 226 g/mol. The molecule has 0 aliphatic rings. The van der Waals surface area contributed by atoms with Crippen LogP contribution in [0, 0.1) is 11.6 Å². The summed E-state index contributed by atoms with van der Waals surface area (Å²) in [4.78, 5) is 11.1. The summed E-state index contributed by atoms with van der Waals surface area (Å²) in [5.74, 6) is -3.67. The summed E-state index contributed by atoms with van der Waals surface area (Å²) in [5, 5.41) is 9.64. The maximum absolute atomic E-state index is 13.3. The molecule has 1 aromatic carbocycles. The van der Waals surface area contributed by atoms with E-state index in [0.29, 0.717) is 5.57 Å². The van der Waals surface area contributed by atoms with Gasteiger partial charge < -0.3 is 5.11 Å². The maximum Gasteiger partial charge on any atom is 0.173 e. The number of phenolic OH excluding ortho intramolecular Hbond substituents is 1. The van der Waals surface area contributed by atoms with Gasteiger partial charge in [-0.2, -0.15) is 0 Å². The first-order valence-electron chi connectivity index (χ1n) is 4.69. The summed E-state index contributed by atoms with van der Waals surface area (Å²) in [6.45, 7) is 6.37. The number of halogens is 2. The lowest BCUT2D eigenvalue weighted by Gasteiger charge is -2.09. The van der Waals surface area contributed by atoms with E-state index in [1.54, 1.807) is 6.92 Å². The van der Waals surface area contributed by atoms with Gasteiger partial charge in [0, 0.05) is 5.56 Å². The predicted molar refractivity (Wildman–Crippen MR) is 56.5 cm³/mol. The SMILES string of the molecule is C=C(C)Cc1cc(F)c(F)c(C(C)=O)c1O. The molecule has 86 valence electrons. The fraction of sp³-hybridized carbons (Fsp3) is 0.250. The van der Waals surface area contributed by atoms with Crippen LogP contribution in [-0.2, 0) is 6.42 Å². The molecule has 16 heavy (non-hydrogen) atoms. The summed E-state index contributed by atoms with van der Waals surface area (Å²) in [6.07, 6.45) is 0.198. The third-order valence-corrected chi connectivity index (χ3v) is 2.12. The van der Waals surface area contributed by atoms with Gasteiger partial charge in [-0.3, -0.25) is 4.79 Å². The van der Waals surface area contributed by atoms with E-state index in [2.05, 4.69) is 6.58 Å². The Labute approximate surface area is 92.2 Å². The van der Waals surface area contributed by atoms with Crippen molar-refractivity contribution in [3.8, 4) is 5.75 Å². The van der Waals surface area contributed by atoms with Crippen molar-refractivity contribution in [3.63, 3.8) is 0 Å². The van der Waals surface area contributed by atoms with Crippen molar-refractivity contribution < 1.29 is 18.7 Å². The summed E-state index contributed by atoms with van der Waals surface area (Å²) in [6, 6.07) is 0.881. The Kier molecular flexibility index (Phi) is 3.42. The molecule has 0 amide bonds. The molecular formula is C12H12F2O2. The van der Waals surface area contributed by atoms with E-state index in [0.717, 1.165) is 13.0 Å². The highest BCUT2D eigenvalue weighted by Crippen LogP contribution is 2.29. The predicted octanol–water partition coefficient (Wildman–Crippen LogP) is 2.99. The van der Waals surface area contributed by atoms with Crippen molar-refractivity contribution in [3.05, 3.63) is 41.0 Å². The minimum absolute atomic E-state index is 0.164. The first kappa shape index (κ1) is 12.4. The third kappa shape index (κ3) is 2.27. The zero-order valence-corrected chi connectivity index (χ0v) is 9.10. The molecule has 1 aromatic rings. The van der Waals surface area contributed by atoms with Crippen molar-refractivity contribution >= 4 is 5.78 Å². The maximum atomic E-state index is 13.3. The Morgan fingerprint density at radius 1 is 1.44 bits per heavy atom. The number of hydrogen-bond acceptors (Lipinski definition) is 2. The number of benzene rings is 1. The van der Waals surface area contributed by atoms with E-state index < -0.39 is 28.7 Å². The second kappa shape index (κ2) is 4.43. The minimum Gasteiger partial charge on any atom is -0.507 e. The van der Waals surface area contributed by atoms with Crippen LogP contribution in [0.4, 0.5) is 8.78 Å². The van der Waals surface area contributed by atoms with Gasteiger partial charge >= 0.3 is 0 Å². The highest BCUT2D eigenvalue weighted by molar-refractivity contribution is 5.97. The van der Waals surface area contributed by atoms with Crippen LogP contribution in [0.1, 0.15) is 29.8 Å². The van der Waals surface area contributed by atoms with Crippen LogP contribution in [0.5, 0.6) is 5.75 Å². The van der Waals surface area contributed by atoms with Crippen LogP contribution >= 0.6 is 0 Å². The molecule has 0 aliphatic carbocycles. The molecule has 0 aromatic heterocycles. The van der Waals surface area contributed by atoms with Crippen LogP contribution in [-0.4, -0.2) is 10.9 Å². The molecule has 0 unspecified atom stereocenters. The van der Waals surface area contributed by atoms with Crippen LogP contribution in [0.15, 0.2) is 18.2 Å². The number of hydrogen-bond donors (Lipinski definition) is 1. The molecule has 0 saturated carbocycles. The minimum atomic E-state index is -1.31. The molecule has 0 spiro atoms.